The molecule has 3 aromatic rings. The molecule has 1 atom stereocenters. The van der Waals surface area contributed by atoms with Crippen LogP contribution in [0, 0.1) is 11.3 Å². The number of ketones is 1. The standard InChI is InChI=1S/C20H14N2O4S2/c1-12(18(24)22-19-13(11-21)8-10-28-19)26-20(25)15-6-3-2-5-14(15)17(23)16-7-4-9-27-16/h2-10,12H,1H3,(H,22,24)/t12-/m0/s1. The van der Waals surface area contributed by atoms with Crippen molar-refractivity contribution in [2.75, 3.05) is 5.32 Å². The molecule has 0 saturated heterocycles. The maximum atomic E-state index is 12.6. The van der Waals surface area contributed by atoms with E-state index >= 15 is 0 Å². The summed E-state index contributed by atoms with van der Waals surface area (Å²) in [7, 11) is 0. The zero-order valence-corrected chi connectivity index (χ0v) is 16.3. The molecular formula is C20H14N2O4S2. The van der Waals surface area contributed by atoms with Gasteiger partial charge in [-0.05, 0) is 35.9 Å². The summed E-state index contributed by atoms with van der Waals surface area (Å²) in [6, 6.07) is 13.3. The Hall–Kier alpha value is -3.28. The molecule has 0 unspecified atom stereocenters. The van der Waals surface area contributed by atoms with Gasteiger partial charge in [0.15, 0.2) is 6.10 Å². The third-order valence-corrected chi connectivity index (χ3v) is 5.51. The largest absolute Gasteiger partial charge is 0.449 e. The van der Waals surface area contributed by atoms with Crippen LogP contribution in [0.3, 0.4) is 0 Å². The molecule has 0 radical (unpaired) electrons. The summed E-state index contributed by atoms with van der Waals surface area (Å²) in [5.41, 5.74) is 0.644. The predicted molar refractivity (Wildman–Crippen MR) is 107 cm³/mol. The molecule has 0 aliphatic rings. The first kappa shape index (κ1) is 19.5. The maximum absolute atomic E-state index is 12.6. The lowest BCUT2D eigenvalue weighted by molar-refractivity contribution is -0.123. The Labute approximate surface area is 169 Å². The molecule has 3 rings (SSSR count). The highest BCUT2D eigenvalue weighted by Gasteiger charge is 2.24. The van der Waals surface area contributed by atoms with Gasteiger partial charge in [0.2, 0.25) is 5.78 Å². The number of anilines is 1. The Kier molecular flexibility index (Phi) is 5.99. The number of ether oxygens (including phenoxy) is 1. The first-order chi connectivity index (χ1) is 13.5. The van der Waals surface area contributed by atoms with E-state index in [1.54, 1.807) is 47.2 Å². The molecule has 2 aromatic heterocycles. The van der Waals surface area contributed by atoms with E-state index in [1.165, 1.54) is 35.7 Å². The lowest BCUT2D eigenvalue weighted by Crippen LogP contribution is -2.30. The fourth-order valence-electron chi connectivity index (χ4n) is 2.38. The third kappa shape index (κ3) is 4.17. The van der Waals surface area contributed by atoms with Crippen molar-refractivity contribution >= 4 is 45.3 Å². The van der Waals surface area contributed by atoms with Gasteiger partial charge in [0.1, 0.15) is 11.1 Å². The van der Waals surface area contributed by atoms with E-state index in [4.69, 9.17) is 10.00 Å². The number of carbonyl (C=O) groups excluding carboxylic acids is 3. The number of amides is 1. The minimum atomic E-state index is -1.11. The lowest BCUT2D eigenvalue weighted by Gasteiger charge is -2.14. The molecule has 0 spiro atoms. The van der Waals surface area contributed by atoms with Gasteiger partial charge in [0, 0.05) is 5.56 Å². The van der Waals surface area contributed by atoms with Gasteiger partial charge in [-0.25, -0.2) is 4.79 Å². The first-order valence-corrected chi connectivity index (χ1v) is 9.94. The van der Waals surface area contributed by atoms with Crippen LogP contribution >= 0.6 is 22.7 Å². The summed E-state index contributed by atoms with van der Waals surface area (Å²) in [5.74, 6) is -1.61. The Bertz CT molecular complexity index is 1060. The van der Waals surface area contributed by atoms with Crippen LogP contribution in [0.2, 0.25) is 0 Å². The van der Waals surface area contributed by atoms with Crippen LogP contribution in [0.5, 0.6) is 0 Å². The quantitative estimate of drug-likeness (QED) is 0.488. The number of esters is 1. The summed E-state index contributed by atoms with van der Waals surface area (Å²) in [6.45, 7) is 1.43. The van der Waals surface area contributed by atoms with Gasteiger partial charge >= 0.3 is 5.97 Å². The number of nitrogens with one attached hydrogen (secondary N) is 1. The highest BCUT2D eigenvalue weighted by molar-refractivity contribution is 7.14. The molecular weight excluding hydrogens is 396 g/mol. The number of hydrogen-bond acceptors (Lipinski definition) is 7. The number of carbonyl (C=O) groups is 3. The van der Waals surface area contributed by atoms with Gasteiger partial charge in [-0.15, -0.1) is 22.7 Å². The normalized spacial score (nSPS) is 11.3. The van der Waals surface area contributed by atoms with Crippen LogP contribution in [-0.2, 0) is 9.53 Å². The number of nitriles is 1. The Morgan fingerprint density at radius 3 is 2.46 bits per heavy atom. The molecule has 6 nitrogen and oxygen atoms in total. The topological polar surface area (TPSA) is 96.3 Å². The minimum Gasteiger partial charge on any atom is -0.449 e. The molecule has 0 fully saturated rings. The molecule has 0 aliphatic carbocycles. The van der Waals surface area contributed by atoms with Crippen molar-refractivity contribution in [1.29, 1.82) is 5.26 Å². The number of nitrogens with zero attached hydrogens (tertiary/aromatic N) is 1. The van der Waals surface area contributed by atoms with Crippen molar-refractivity contribution in [1.82, 2.24) is 0 Å². The fraction of sp³-hybridized carbons (Fsp3) is 0.100. The van der Waals surface area contributed by atoms with E-state index in [-0.39, 0.29) is 16.9 Å². The van der Waals surface area contributed by atoms with E-state index in [0.717, 1.165) is 0 Å². The molecule has 2 heterocycles. The van der Waals surface area contributed by atoms with Gasteiger partial charge in [-0.3, -0.25) is 9.59 Å². The fourth-order valence-corrected chi connectivity index (χ4v) is 3.80. The van der Waals surface area contributed by atoms with E-state index in [9.17, 15) is 14.4 Å². The molecule has 1 N–H and O–H groups in total. The molecule has 0 aliphatic heterocycles. The lowest BCUT2D eigenvalue weighted by atomic mass is 10.0. The van der Waals surface area contributed by atoms with Crippen molar-refractivity contribution in [3.63, 3.8) is 0 Å². The van der Waals surface area contributed by atoms with Gasteiger partial charge in [0.25, 0.3) is 5.91 Å². The Balaban J connectivity index is 1.73. The zero-order chi connectivity index (χ0) is 20.1. The summed E-state index contributed by atoms with van der Waals surface area (Å²) < 4.78 is 5.25. The van der Waals surface area contributed by atoms with Gasteiger partial charge in [0.05, 0.1) is 16.0 Å². The second kappa shape index (κ2) is 8.61. The van der Waals surface area contributed by atoms with Crippen LogP contribution in [-0.4, -0.2) is 23.8 Å². The highest BCUT2D eigenvalue weighted by atomic mass is 32.1. The molecule has 8 heteroatoms. The van der Waals surface area contributed by atoms with Crippen LogP contribution < -0.4 is 5.32 Å². The van der Waals surface area contributed by atoms with Gasteiger partial charge in [-0.1, -0.05) is 24.3 Å². The summed E-state index contributed by atoms with van der Waals surface area (Å²) in [5, 5.41) is 15.4. The number of rotatable bonds is 6. The van der Waals surface area contributed by atoms with Crippen molar-refractivity contribution in [3.8, 4) is 6.07 Å². The molecule has 28 heavy (non-hydrogen) atoms. The smallest absolute Gasteiger partial charge is 0.339 e. The van der Waals surface area contributed by atoms with Crippen molar-refractivity contribution in [2.24, 2.45) is 0 Å². The van der Waals surface area contributed by atoms with Crippen LogP contribution in [0.1, 0.15) is 38.1 Å². The summed E-state index contributed by atoms with van der Waals surface area (Å²) in [6.07, 6.45) is -1.11. The number of thiophene rings is 2. The third-order valence-electron chi connectivity index (χ3n) is 3.81. The van der Waals surface area contributed by atoms with Crippen molar-refractivity contribution < 1.29 is 19.1 Å². The second-order valence-electron chi connectivity index (χ2n) is 5.66. The maximum Gasteiger partial charge on any atom is 0.339 e. The molecule has 1 aromatic carbocycles. The minimum absolute atomic E-state index is 0.0920. The molecule has 1 amide bonds. The first-order valence-electron chi connectivity index (χ1n) is 8.18. The van der Waals surface area contributed by atoms with Crippen LogP contribution in [0.25, 0.3) is 0 Å². The monoisotopic (exact) mass is 410 g/mol. The van der Waals surface area contributed by atoms with Crippen LogP contribution in [0.4, 0.5) is 5.00 Å². The predicted octanol–water partition coefficient (Wildman–Crippen LogP) is 4.10. The average Bonchev–Trinajstić information content (AvgIpc) is 3.39. The second-order valence-corrected chi connectivity index (χ2v) is 7.53. The Morgan fingerprint density at radius 1 is 1.04 bits per heavy atom. The molecule has 0 bridgehead atoms. The van der Waals surface area contributed by atoms with E-state index in [2.05, 4.69) is 5.32 Å². The van der Waals surface area contributed by atoms with Crippen LogP contribution in [0.15, 0.2) is 53.2 Å². The SMILES string of the molecule is C[C@H](OC(=O)c1ccccc1C(=O)c1cccs1)C(=O)Nc1sccc1C#N. The van der Waals surface area contributed by atoms with Gasteiger partial charge in [-0.2, -0.15) is 5.26 Å². The van der Waals surface area contributed by atoms with E-state index < -0.39 is 18.0 Å². The average molecular weight is 410 g/mol. The van der Waals surface area contributed by atoms with E-state index in [0.29, 0.717) is 15.4 Å². The highest BCUT2D eigenvalue weighted by Crippen LogP contribution is 2.23. The zero-order valence-electron chi connectivity index (χ0n) is 14.7. The molecule has 140 valence electrons. The summed E-state index contributed by atoms with van der Waals surface area (Å²) >= 11 is 2.48. The van der Waals surface area contributed by atoms with E-state index in [1.807, 2.05) is 6.07 Å². The Morgan fingerprint density at radius 2 is 1.79 bits per heavy atom. The number of benzene rings is 1. The molecule has 0 saturated carbocycles. The van der Waals surface area contributed by atoms with Crippen molar-refractivity contribution in [2.45, 2.75) is 13.0 Å². The number of hydrogen-bond donors (Lipinski definition) is 1. The van der Waals surface area contributed by atoms with Crippen molar-refractivity contribution in [3.05, 3.63) is 74.8 Å². The summed E-state index contributed by atoms with van der Waals surface area (Å²) in [4.78, 5) is 38.0. The van der Waals surface area contributed by atoms with Gasteiger partial charge < -0.3 is 10.1 Å².